The second-order valence-electron chi connectivity index (χ2n) is 11.4. The minimum absolute atomic E-state index is 0.0265. The van der Waals surface area contributed by atoms with Crippen molar-refractivity contribution in [2.24, 2.45) is 0 Å². The number of nitrogens with zero attached hydrogens (tertiary/aromatic N) is 5. The number of phenolic OH excluding ortho intramolecular Hbond substituents is 1. The normalized spacial score (nSPS) is 20.4. The molecule has 2 unspecified atom stereocenters. The van der Waals surface area contributed by atoms with Crippen molar-refractivity contribution < 1.29 is 23.4 Å². The molecule has 0 amide bonds. The van der Waals surface area contributed by atoms with Crippen LogP contribution in [0.2, 0.25) is 0 Å². The lowest BCUT2D eigenvalue weighted by atomic mass is 9.96. The fraction of sp³-hybridized carbons (Fsp3) is 0.424. The summed E-state index contributed by atoms with van der Waals surface area (Å²) in [5.74, 6) is 2.65. The van der Waals surface area contributed by atoms with Crippen LogP contribution < -0.4 is 9.64 Å². The summed E-state index contributed by atoms with van der Waals surface area (Å²) in [6.45, 7) is 3.22. The fourth-order valence-electron chi connectivity index (χ4n) is 6.54. The van der Waals surface area contributed by atoms with E-state index in [4.69, 9.17) is 20.9 Å². The van der Waals surface area contributed by atoms with Gasteiger partial charge in [0, 0.05) is 56.0 Å². The molecule has 4 aromatic rings. The van der Waals surface area contributed by atoms with Gasteiger partial charge in [0.25, 0.3) is 0 Å². The Labute approximate surface area is 249 Å². The van der Waals surface area contributed by atoms with E-state index in [1.54, 1.807) is 30.5 Å². The first kappa shape index (κ1) is 29.0. The summed E-state index contributed by atoms with van der Waals surface area (Å²) < 4.78 is 38.0. The van der Waals surface area contributed by atoms with Crippen LogP contribution in [0.5, 0.6) is 11.8 Å². The smallest absolute Gasteiger partial charge is 0.316 e. The number of rotatable bonds is 4. The van der Waals surface area contributed by atoms with E-state index in [-0.39, 0.29) is 23.4 Å². The Bertz CT molecular complexity index is 1680. The zero-order valence-corrected chi connectivity index (χ0v) is 24.4. The van der Waals surface area contributed by atoms with Crippen LogP contribution in [0.1, 0.15) is 37.7 Å². The van der Waals surface area contributed by atoms with Gasteiger partial charge in [-0.1, -0.05) is 12.0 Å². The number of anilines is 1. The lowest BCUT2D eigenvalue weighted by molar-refractivity contribution is 0.0854. The van der Waals surface area contributed by atoms with Crippen molar-refractivity contribution in [1.82, 2.24) is 19.9 Å². The minimum Gasteiger partial charge on any atom is -0.508 e. The molecule has 0 radical (unpaired) electrons. The van der Waals surface area contributed by atoms with Crippen LogP contribution in [0.25, 0.3) is 32.9 Å². The molecule has 3 fully saturated rings. The molecule has 0 aliphatic carbocycles. The van der Waals surface area contributed by atoms with E-state index in [2.05, 4.69) is 25.7 Å². The topological polar surface area (TPSA) is 83.8 Å². The maximum atomic E-state index is 14.6. The number of aromatic nitrogens is 3. The highest BCUT2D eigenvalue weighted by molar-refractivity contribution is 6.03. The third kappa shape index (κ3) is 5.79. The summed E-state index contributed by atoms with van der Waals surface area (Å²) in [6, 6.07) is 8.84. The number of hydrogen-bond acceptors (Lipinski definition) is 8. The van der Waals surface area contributed by atoms with Crippen molar-refractivity contribution in [3.8, 4) is 35.4 Å². The monoisotopic (exact) mass is 587 g/mol. The van der Waals surface area contributed by atoms with Gasteiger partial charge in [-0.05, 0) is 68.3 Å². The Morgan fingerprint density at radius 3 is 2.72 bits per heavy atom. The Balaban J connectivity index is 0.000000310. The molecule has 2 aromatic heterocycles. The van der Waals surface area contributed by atoms with E-state index in [1.165, 1.54) is 26.0 Å². The summed E-state index contributed by atoms with van der Waals surface area (Å²) >= 11 is 0. The molecule has 0 spiro atoms. The van der Waals surface area contributed by atoms with Crippen molar-refractivity contribution in [2.45, 2.75) is 50.4 Å². The SMILES string of the molecule is C#Cc1c(F)ccc2cc(O)cc(-c3cc4nc(OC)ncc4c(N(C)C4CCOCC4)n3)c12.FC1CC2CCCN2C1. The first-order valence-electron chi connectivity index (χ1n) is 14.7. The Hall–Kier alpha value is -4.07. The second kappa shape index (κ2) is 12.3. The van der Waals surface area contributed by atoms with E-state index in [9.17, 15) is 13.9 Å². The maximum absolute atomic E-state index is 14.6. The van der Waals surface area contributed by atoms with Crippen LogP contribution in [0.4, 0.5) is 14.6 Å². The molecule has 2 atom stereocenters. The van der Waals surface area contributed by atoms with Crippen molar-refractivity contribution in [2.75, 3.05) is 45.4 Å². The molecule has 0 saturated carbocycles. The van der Waals surface area contributed by atoms with Crippen LogP contribution in [0.15, 0.2) is 36.5 Å². The molecule has 5 heterocycles. The average Bonchev–Trinajstić information content (AvgIpc) is 3.61. The molecule has 0 bridgehead atoms. The van der Waals surface area contributed by atoms with Crippen LogP contribution in [-0.4, -0.2) is 83.7 Å². The van der Waals surface area contributed by atoms with Gasteiger partial charge in [0.1, 0.15) is 23.6 Å². The summed E-state index contributed by atoms with van der Waals surface area (Å²) in [4.78, 5) is 18.2. The molecular formula is C33H35F2N5O3. The molecule has 10 heteroatoms. The van der Waals surface area contributed by atoms with Crippen molar-refractivity contribution >= 4 is 27.5 Å². The van der Waals surface area contributed by atoms with Gasteiger partial charge in [0.2, 0.25) is 0 Å². The summed E-state index contributed by atoms with van der Waals surface area (Å²) in [7, 11) is 3.49. The van der Waals surface area contributed by atoms with E-state index in [0.717, 1.165) is 31.2 Å². The Morgan fingerprint density at radius 2 is 1.98 bits per heavy atom. The molecule has 3 saturated heterocycles. The molecule has 3 aliphatic heterocycles. The maximum Gasteiger partial charge on any atom is 0.316 e. The van der Waals surface area contributed by atoms with Crippen molar-refractivity contribution in [1.29, 1.82) is 0 Å². The van der Waals surface area contributed by atoms with Crippen LogP contribution in [0, 0.1) is 18.2 Å². The van der Waals surface area contributed by atoms with Gasteiger partial charge < -0.3 is 19.5 Å². The largest absolute Gasteiger partial charge is 0.508 e. The summed E-state index contributed by atoms with van der Waals surface area (Å²) in [5.41, 5.74) is 1.75. The van der Waals surface area contributed by atoms with Crippen LogP contribution >= 0.6 is 0 Å². The highest BCUT2D eigenvalue weighted by Crippen LogP contribution is 2.38. The third-order valence-corrected chi connectivity index (χ3v) is 8.72. The number of fused-ring (bicyclic) bond motifs is 3. The molecule has 3 aliphatic rings. The second-order valence-corrected chi connectivity index (χ2v) is 11.4. The molecule has 1 N–H and O–H groups in total. The quantitative estimate of drug-likeness (QED) is 0.314. The number of pyridine rings is 1. The van der Waals surface area contributed by atoms with Crippen molar-refractivity contribution in [3.63, 3.8) is 0 Å². The zero-order valence-electron chi connectivity index (χ0n) is 24.4. The number of hydrogen-bond donors (Lipinski definition) is 1. The average molecular weight is 588 g/mol. The van der Waals surface area contributed by atoms with Gasteiger partial charge in [-0.25, -0.2) is 18.7 Å². The number of halogens is 2. The van der Waals surface area contributed by atoms with Gasteiger partial charge in [0.15, 0.2) is 0 Å². The summed E-state index contributed by atoms with van der Waals surface area (Å²) in [6.07, 6.45) is 11.9. The molecule has 8 nitrogen and oxygen atoms in total. The van der Waals surface area contributed by atoms with Crippen LogP contribution in [0.3, 0.4) is 0 Å². The molecule has 224 valence electrons. The van der Waals surface area contributed by atoms with Gasteiger partial charge in [-0.15, -0.1) is 6.42 Å². The number of methoxy groups -OCH3 is 1. The van der Waals surface area contributed by atoms with E-state index in [0.29, 0.717) is 59.2 Å². The number of ether oxygens (including phenoxy) is 2. The lowest BCUT2D eigenvalue weighted by Crippen LogP contribution is -2.37. The molecule has 7 rings (SSSR count). The van der Waals surface area contributed by atoms with E-state index in [1.807, 2.05) is 7.05 Å². The third-order valence-electron chi connectivity index (χ3n) is 8.72. The van der Waals surface area contributed by atoms with E-state index < -0.39 is 12.0 Å². The Kier molecular flexibility index (Phi) is 8.28. The fourth-order valence-corrected chi connectivity index (χ4v) is 6.54. The molecule has 2 aromatic carbocycles. The van der Waals surface area contributed by atoms with Crippen LogP contribution in [-0.2, 0) is 4.74 Å². The zero-order chi connectivity index (χ0) is 30.1. The molecule has 43 heavy (non-hydrogen) atoms. The molecular weight excluding hydrogens is 552 g/mol. The van der Waals surface area contributed by atoms with Crippen molar-refractivity contribution in [3.05, 3.63) is 47.9 Å². The number of benzene rings is 2. The first-order chi connectivity index (χ1) is 20.9. The van der Waals surface area contributed by atoms with E-state index >= 15 is 0 Å². The highest BCUT2D eigenvalue weighted by Gasteiger charge is 2.34. The van der Waals surface area contributed by atoms with Gasteiger partial charge in [-0.2, -0.15) is 4.98 Å². The first-order valence-corrected chi connectivity index (χ1v) is 14.7. The lowest BCUT2D eigenvalue weighted by Gasteiger charge is -2.32. The minimum atomic E-state index is -0.518. The standard InChI is InChI=1S/C26H23FN4O3.C7H12FN/c1-4-18-21(27)6-5-15-11-17(32)12-19(24(15)18)22-13-23-20(14-28-26(30-23)33-3)25(29-22)31(2)16-7-9-34-10-8-16;8-6-4-7-2-1-3-9(7)5-6/h1,5-6,11-14,16,32H,7-10H2,2-3H3;6-7H,1-5H2. The number of alkyl halides is 1. The highest BCUT2D eigenvalue weighted by atomic mass is 19.1. The number of terminal acetylenes is 1. The van der Waals surface area contributed by atoms with Gasteiger partial charge >= 0.3 is 6.01 Å². The summed E-state index contributed by atoms with van der Waals surface area (Å²) in [5, 5.41) is 12.3. The predicted octanol–water partition coefficient (Wildman–Crippen LogP) is 5.49. The Morgan fingerprint density at radius 1 is 1.16 bits per heavy atom. The predicted molar refractivity (Wildman–Crippen MR) is 163 cm³/mol. The van der Waals surface area contributed by atoms with Gasteiger partial charge in [-0.3, -0.25) is 4.90 Å². The van der Waals surface area contributed by atoms with Gasteiger partial charge in [0.05, 0.1) is 29.3 Å². The number of aromatic hydroxyl groups is 1. The number of phenols is 1.